The van der Waals surface area contributed by atoms with Gasteiger partial charge in [0.2, 0.25) is 0 Å². The Morgan fingerprint density at radius 3 is 2.33 bits per heavy atom. The molecule has 0 aromatic carbocycles. The third-order valence-electron chi connectivity index (χ3n) is 5.23. The fourth-order valence-corrected chi connectivity index (χ4v) is 4.16. The van der Waals surface area contributed by atoms with Gasteiger partial charge in [-0.1, -0.05) is 45.4 Å². The summed E-state index contributed by atoms with van der Waals surface area (Å²) in [7, 11) is 0. The first-order valence-corrected chi connectivity index (χ1v) is 8.31. The molecule has 2 rings (SSSR count). The Morgan fingerprint density at radius 2 is 1.67 bits per heavy atom. The molecular formula is C16H32N2. The van der Waals surface area contributed by atoms with Crippen LogP contribution >= 0.6 is 0 Å². The van der Waals surface area contributed by atoms with Gasteiger partial charge in [0.1, 0.15) is 0 Å². The van der Waals surface area contributed by atoms with E-state index in [9.17, 15) is 0 Å². The molecule has 2 heteroatoms. The molecule has 0 aromatic heterocycles. The third-order valence-corrected chi connectivity index (χ3v) is 5.23. The van der Waals surface area contributed by atoms with Crippen LogP contribution in [0.15, 0.2) is 0 Å². The van der Waals surface area contributed by atoms with Crippen molar-refractivity contribution in [3.05, 3.63) is 0 Å². The first kappa shape index (κ1) is 14.3. The largest absolute Gasteiger partial charge is 0.329 e. The first-order chi connectivity index (χ1) is 8.85. The van der Waals surface area contributed by atoms with Crippen LogP contribution in [0.3, 0.4) is 0 Å². The molecule has 0 bridgehead atoms. The van der Waals surface area contributed by atoms with Gasteiger partial charge in [-0.05, 0) is 31.6 Å². The fraction of sp³-hybridized carbons (Fsp3) is 1.00. The van der Waals surface area contributed by atoms with E-state index in [1.54, 1.807) is 0 Å². The Hall–Kier alpha value is -0.0800. The molecule has 0 aromatic rings. The minimum Gasteiger partial charge on any atom is -0.329 e. The quantitative estimate of drug-likeness (QED) is 0.811. The van der Waals surface area contributed by atoms with Crippen LogP contribution in [0.4, 0.5) is 0 Å². The molecule has 2 aliphatic carbocycles. The van der Waals surface area contributed by atoms with Gasteiger partial charge < -0.3 is 5.73 Å². The molecule has 2 nitrogen and oxygen atoms in total. The standard InChI is InChI=1S/C16H32N2/c1-2-14-7-6-10-16(13-14)18(12-11-17)15-8-4-3-5-9-15/h14-16H,2-13,17H2,1H3. The van der Waals surface area contributed by atoms with Crippen molar-refractivity contribution in [3.63, 3.8) is 0 Å². The number of hydrogen-bond acceptors (Lipinski definition) is 2. The zero-order chi connectivity index (χ0) is 12.8. The lowest BCUT2D eigenvalue weighted by atomic mass is 9.82. The smallest absolute Gasteiger partial charge is 0.0110 e. The number of rotatable bonds is 5. The number of nitrogens with two attached hydrogens (primary N) is 1. The van der Waals surface area contributed by atoms with E-state index in [0.29, 0.717) is 0 Å². The lowest BCUT2D eigenvalue weighted by molar-refractivity contribution is 0.0683. The van der Waals surface area contributed by atoms with Crippen LogP contribution in [0, 0.1) is 5.92 Å². The van der Waals surface area contributed by atoms with Gasteiger partial charge in [0.15, 0.2) is 0 Å². The average molecular weight is 252 g/mol. The lowest BCUT2D eigenvalue weighted by Crippen LogP contribution is -2.48. The summed E-state index contributed by atoms with van der Waals surface area (Å²) in [6.45, 7) is 4.33. The van der Waals surface area contributed by atoms with Gasteiger partial charge in [0, 0.05) is 25.2 Å². The predicted octanol–water partition coefficient (Wildman–Crippen LogP) is 3.55. The fourth-order valence-electron chi connectivity index (χ4n) is 4.16. The van der Waals surface area contributed by atoms with Crippen LogP contribution in [-0.4, -0.2) is 30.1 Å². The van der Waals surface area contributed by atoms with E-state index < -0.39 is 0 Å². The summed E-state index contributed by atoms with van der Waals surface area (Å²) in [6, 6.07) is 1.69. The molecular weight excluding hydrogens is 220 g/mol. The minimum atomic E-state index is 0.837. The van der Waals surface area contributed by atoms with Crippen LogP contribution in [0.2, 0.25) is 0 Å². The summed E-state index contributed by atoms with van der Waals surface area (Å²) in [6.07, 6.45) is 14.3. The van der Waals surface area contributed by atoms with Gasteiger partial charge in [-0.25, -0.2) is 0 Å². The normalized spacial score (nSPS) is 30.8. The monoisotopic (exact) mass is 252 g/mol. The highest BCUT2D eigenvalue weighted by molar-refractivity contribution is 4.86. The summed E-state index contributed by atoms with van der Waals surface area (Å²) in [5.74, 6) is 0.979. The van der Waals surface area contributed by atoms with Crippen LogP contribution in [0.5, 0.6) is 0 Å². The number of hydrogen-bond donors (Lipinski definition) is 1. The Bertz CT molecular complexity index is 223. The Labute approximate surface area is 113 Å². The van der Waals surface area contributed by atoms with E-state index in [0.717, 1.165) is 31.1 Å². The van der Waals surface area contributed by atoms with E-state index in [1.807, 2.05) is 0 Å². The Kier molecular flexibility index (Phi) is 5.97. The summed E-state index contributed by atoms with van der Waals surface area (Å²) >= 11 is 0. The maximum Gasteiger partial charge on any atom is 0.0110 e. The highest BCUT2D eigenvalue weighted by Crippen LogP contribution is 2.33. The van der Waals surface area contributed by atoms with Crippen molar-refractivity contribution in [1.82, 2.24) is 4.90 Å². The van der Waals surface area contributed by atoms with Crippen molar-refractivity contribution >= 4 is 0 Å². The Morgan fingerprint density at radius 1 is 0.944 bits per heavy atom. The van der Waals surface area contributed by atoms with Gasteiger partial charge in [0.25, 0.3) is 0 Å². The molecule has 18 heavy (non-hydrogen) atoms. The molecule has 0 spiro atoms. The molecule has 2 atom stereocenters. The molecule has 2 N–H and O–H groups in total. The van der Waals surface area contributed by atoms with E-state index in [2.05, 4.69) is 11.8 Å². The molecule has 2 saturated carbocycles. The second-order valence-corrected chi connectivity index (χ2v) is 6.41. The van der Waals surface area contributed by atoms with Gasteiger partial charge in [-0.15, -0.1) is 0 Å². The minimum absolute atomic E-state index is 0.837. The van der Waals surface area contributed by atoms with Crippen molar-refractivity contribution in [2.45, 2.75) is 83.2 Å². The van der Waals surface area contributed by atoms with Crippen LogP contribution < -0.4 is 5.73 Å². The molecule has 0 saturated heterocycles. The summed E-state index contributed by atoms with van der Waals surface area (Å²) < 4.78 is 0. The molecule has 0 amide bonds. The summed E-state index contributed by atoms with van der Waals surface area (Å²) in [4.78, 5) is 2.81. The second-order valence-electron chi connectivity index (χ2n) is 6.41. The maximum atomic E-state index is 5.87. The highest BCUT2D eigenvalue weighted by Gasteiger charge is 2.30. The van der Waals surface area contributed by atoms with Gasteiger partial charge in [-0.2, -0.15) is 0 Å². The molecule has 0 heterocycles. The van der Waals surface area contributed by atoms with Gasteiger partial charge in [-0.3, -0.25) is 4.90 Å². The van der Waals surface area contributed by atoms with Gasteiger partial charge >= 0.3 is 0 Å². The van der Waals surface area contributed by atoms with E-state index in [1.165, 1.54) is 64.2 Å². The molecule has 0 aliphatic heterocycles. The van der Waals surface area contributed by atoms with Crippen LogP contribution in [-0.2, 0) is 0 Å². The van der Waals surface area contributed by atoms with E-state index >= 15 is 0 Å². The SMILES string of the molecule is CCC1CCCC(N(CCN)C2CCCCC2)C1. The predicted molar refractivity (Wildman–Crippen MR) is 78.7 cm³/mol. The third kappa shape index (κ3) is 3.71. The van der Waals surface area contributed by atoms with Crippen molar-refractivity contribution in [3.8, 4) is 0 Å². The average Bonchev–Trinajstić information content (AvgIpc) is 2.46. The Balaban J connectivity index is 1.94. The summed E-state index contributed by atoms with van der Waals surface area (Å²) in [5, 5.41) is 0. The molecule has 106 valence electrons. The highest BCUT2D eigenvalue weighted by atomic mass is 15.2. The van der Waals surface area contributed by atoms with E-state index in [4.69, 9.17) is 5.73 Å². The van der Waals surface area contributed by atoms with E-state index in [-0.39, 0.29) is 0 Å². The first-order valence-electron chi connectivity index (χ1n) is 8.31. The second kappa shape index (κ2) is 7.49. The van der Waals surface area contributed by atoms with Crippen molar-refractivity contribution in [1.29, 1.82) is 0 Å². The zero-order valence-electron chi connectivity index (χ0n) is 12.2. The van der Waals surface area contributed by atoms with Crippen molar-refractivity contribution in [2.75, 3.05) is 13.1 Å². The number of nitrogens with zero attached hydrogens (tertiary/aromatic N) is 1. The lowest BCUT2D eigenvalue weighted by Gasteiger charge is -2.43. The van der Waals surface area contributed by atoms with Crippen molar-refractivity contribution < 1.29 is 0 Å². The van der Waals surface area contributed by atoms with Crippen molar-refractivity contribution in [2.24, 2.45) is 11.7 Å². The molecule has 2 fully saturated rings. The van der Waals surface area contributed by atoms with Crippen LogP contribution in [0.25, 0.3) is 0 Å². The molecule has 2 unspecified atom stereocenters. The summed E-state index contributed by atoms with van der Waals surface area (Å²) in [5.41, 5.74) is 5.87. The molecule has 2 aliphatic rings. The molecule has 0 radical (unpaired) electrons. The van der Waals surface area contributed by atoms with Gasteiger partial charge in [0.05, 0.1) is 0 Å². The zero-order valence-corrected chi connectivity index (χ0v) is 12.2. The topological polar surface area (TPSA) is 29.3 Å². The van der Waals surface area contributed by atoms with Crippen LogP contribution in [0.1, 0.15) is 71.1 Å². The maximum absolute atomic E-state index is 5.87.